The van der Waals surface area contributed by atoms with Gasteiger partial charge in [0, 0.05) is 5.38 Å². The molecule has 0 saturated heterocycles. The van der Waals surface area contributed by atoms with E-state index in [1.54, 1.807) is 5.38 Å². The number of carbonyl (C=O) groups is 1. The Morgan fingerprint density at radius 1 is 1.38 bits per heavy atom. The number of thiazole rings is 1. The second-order valence-electron chi connectivity index (χ2n) is 5.99. The van der Waals surface area contributed by atoms with Crippen LogP contribution in [0.15, 0.2) is 23.6 Å². The minimum absolute atomic E-state index is 0.0165. The molecule has 0 amide bonds. The van der Waals surface area contributed by atoms with Crippen molar-refractivity contribution in [2.75, 3.05) is 0 Å². The first-order valence-corrected chi connectivity index (χ1v) is 7.57. The van der Waals surface area contributed by atoms with Crippen molar-refractivity contribution in [2.45, 2.75) is 39.7 Å². The van der Waals surface area contributed by atoms with Gasteiger partial charge < -0.3 is 9.84 Å². The van der Waals surface area contributed by atoms with Crippen LogP contribution in [0.4, 0.5) is 0 Å². The molecule has 0 bridgehead atoms. The van der Waals surface area contributed by atoms with E-state index in [-0.39, 0.29) is 17.0 Å². The maximum absolute atomic E-state index is 10.8. The van der Waals surface area contributed by atoms with Gasteiger partial charge in [-0.3, -0.25) is 0 Å². The van der Waals surface area contributed by atoms with E-state index >= 15 is 0 Å². The maximum Gasteiger partial charge on any atom is 0.365 e. The van der Waals surface area contributed by atoms with Gasteiger partial charge in [-0.05, 0) is 29.5 Å². The Kier molecular flexibility index (Phi) is 4.32. The molecule has 1 aromatic carbocycles. The Morgan fingerprint density at radius 2 is 2.10 bits per heavy atom. The third-order valence-corrected chi connectivity index (χ3v) is 3.93. The van der Waals surface area contributed by atoms with Crippen molar-refractivity contribution in [3.05, 3.63) is 45.4 Å². The third kappa shape index (κ3) is 3.82. The monoisotopic (exact) mass is 305 g/mol. The molecule has 4 nitrogen and oxygen atoms in total. The van der Waals surface area contributed by atoms with Crippen molar-refractivity contribution in [2.24, 2.45) is 0 Å². The van der Waals surface area contributed by atoms with Crippen LogP contribution in [0.2, 0.25) is 0 Å². The predicted octanol–water partition coefficient (Wildman–Crippen LogP) is 4.03. The van der Waals surface area contributed by atoms with Crippen LogP contribution in [0, 0.1) is 6.92 Å². The smallest absolute Gasteiger partial charge is 0.365 e. The second kappa shape index (κ2) is 5.85. The van der Waals surface area contributed by atoms with Crippen molar-refractivity contribution in [1.29, 1.82) is 0 Å². The van der Waals surface area contributed by atoms with Crippen LogP contribution in [-0.2, 0) is 12.0 Å². The van der Waals surface area contributed by atoms with Crippen molar-refractivity contribution >= 4 is 17.3 Å². The number of nitrogens with zero attached hydrogens (tertiary/aromatic N) is 1. The van der Waals surface area contributed by atoms with Crippen LogP contribution in [0.3, 0.4) is 0 Å². The summed E-state index contributed by atoms with van der Waals surface area (Å²) >= 11 is 1.12. The number of rotatable bonds is 4. The predicted molar refractivity (Wildman–Crippen MR) is 83.3 cm³/mol. The molecule has 0 unspecified atom stereocenters. The normalized spacial score (nSPS) is 11.4. The second-order valence-corrected chi connectivity index (χ2v) is 6.85. The molecule has 0 aliphatic rings. The zero-order chi connectivity index (χ0) is 15.6. The van der Waals surface area contributed by atoms with E-state index in [1.165, 1.54) is 0 Å². The number of hydrogen-bond acceptors (Lipinski definition) is 4. The lowest BCUT2D eigenvalue weighted by Crippen LogP contribution is -2.13. The molecule has 5 heteroatoms. The molecule has 0 aliphatic heterocycles. The SMILES string of the molecule is Cc1ccc(C(C)(C)C)c(OCc2csc(C(=O)O)n2)c1. The first-order chi connectivity index (χ1) is 9.77. The van der Waals surface area contributed by atoms with Crippen molar-refractivity contribution in [3.8, 4) is 5.75 Å². The van der Waals surface area contributed by atoms with E-state index in [0.29, 0.717) is 5.69 Å². The molecule has 0 aliphatic carbocycles. The molecule has 2 aromatic rings. The molecule has 1 aromatic heterocycles. The Bertz CT molecular complexity index is 656. The van der Waals surface area contributed by atoms with Gasteiger partial charge in [0.15, 0.2) is 0 Å². The zero-order valence-corrected chi connectivity index (χ0v) is 13.5. The number of aryl methyl sites for hydroxylation is 1. The van der Waals surface area contributed by atoms with Gasteiger partial charge in [-0.25, -0.2) is 9.78 Å². The van der Waals surface area contributed by atoms with Crippen molar-refractivity contribution in [1.82, 2.24) is 4.98 Å². The van der Waals surface area contributed by atoms with E-state index < -0.39 is 5.97 Å². The van der Waals surface area contributed by atoms with Gasteiger partial charge in [-0.1, -0.05) is 32.9 Å². The molecular weight excluding hydrogens is 286 g/mol. The van der Waals surface area contributed by atoms with Crippen LogP contribution in [-0.4, -0.2) is 16.1 Å². The highest BCUT2D eigenvalue weighted by atomic mass is 32.1. The van der Waals surface area contributed by atoms with E-state index in [2.05, 4.69) is 37.9 Å². The average molecular weight is 305 g/mol. The van der Waals surface area contributed by atoms with Crippen LogP contribution in [0.5, 0.6) is 5.75 Å². The van der Waals surface area contributed by atoms with Crippen molar-refractivity contribution < 1.29 is 14.6 Å². The number of aromatic nitrogens is 1. The lowest BCUT2D eigenvalue weighted by Gasteiger charge is -2.23. The standard InChI is InChI=1S/C16H19NO3S/c1-10-5-6-12(16(2,3)4)13(7-10)20-8-11-9-21-14(17-11)15(18)19/h5-7,9H,8H2,1-4H3,(H,18,19). The fourth-order valence-electron chi connectivity index (χ4n) is 1.99. The van der Waals surface area contributed by atoms with Gasteiger partial charge in [0.2, 0.25) is 5.01 Å². The number of ether oxygens (including phenoxy) is 1. The first kappa shape index (κ1) is 15.5. The molecule has 0 radical (unpaired) electrons. The molecule has 0 spiro atoms. The molecule has 1 N–H and O–H groups in total. The fraction of sp³-hybridized carbons (Fsp3) is 0.375. The summed E-state index contributed by atoms with van der Waals surface area (Å²) in [7, 11) is 0. The Hall–Kier alpha value is -1.88. The highest BCUT2D eigenvalue weighted by Gasteiger charge is 2.19. The Balaban J connectivity index is 2.19. The molecule has 112 valence electrons. The van der Waals surface area contributed by atoms with Gasteiger partial charge in [0.1, 0.15) is 12.4 Å². The summed E-state index contributed by atoms with van der Waals surface area (Å²) in [5.74, 6) is -0.176. The number of carboxylic acid groups (broad SMARTS) is 1. The lowest BCUT2D eigenvalue weighted by molar-refractivity contribution is 0.0696. The Morgan fingerprint density at radius 3 is 2.67 bits per heavy atom. The summed E-state index contributed by atoms with van der Waals surface area (Å²) in [5, 5.41) is 10.7. The highest BCUT2D eigenvalue weighted by molar-refractivity contribution is 7.11. The zero-order valence-electron chi connectivity index (χ0n) is 12.6. The van der Waals surface area contributed by atoms with Crippen LogP contribution < -0.4 is 4.74 Å². The van der Waals surface area contributed by atoms with Gasteiger partial charge >= 0.3 is 5.97 Å². The summed E-state index contributed by atoms with van der Waals surface area (Å²) in [4.78, 5) is 14.9. The third-order valence-electron chi connectivity index (χ3n) is 3.06. The Labute approximate surface area is 128 Å². The van der Waals surface area contributed by atoms with Gasteiger partial charge in [-0.15, -0.1) is 11.3 Å². The molecule has 21 heavy (non-hydrogen) atoms. The van der Waals surface area contributed by atoms with E-state index in [4.69, 9.17) is 9.84 Å². The van der Waals surface area contributed by atoms with Crippen LogP contribution >= 0.6 is 11.3 Å². The number of benzene rings is 1. The summed E-state index contributed by atoms with van der Waals surface area (Å²) in [6.07, 6.45) is 0. The van der Waals surface area contributed by atoms with E-state index in [1.807, 2.05) is 13.0 Å². The molecule has 0 atom stereocenters. The number of carboxylic acids is 1. The minimum atomic E-state index is -1.00. The first-order valence-electron chi connectivity index (χ1n) is 6.69. The molecular formula is C16H19NO3S. The lowest BCUT2D eigenvalue weighted by atomic mass is 9.86. The fourth-order valence-corrected chi connectivity index (χ4v) is 2.63. The molecule has 1 heterocycles. The van der Waals surface area contributed by atoms with E-state index in [0.717, 1.165) is 28.2 Å². The molecule has 0 saturated carbocycles. The van der Waals surface area contributed by atoms with Gasteiger partial charge in [-0.2, -0.15) is 0 Å². The summed E-state index contributed by atoms with van der Waals surface area (Å²) in [6.45, 7) is 8.70. The number of aromatic carboxylic acids is 1. The van der Waals surface area contributed by atoms with Crippen LogP contribution in [0.25, 0.3) is 0 Å². The topological polar surface area (TPSA) is 59.4 Å². The van der Waals surface area contributed by atoms with Crippen LogP contribution in [0.1, 0.15) is 47.4 Å². The largest absolute Gasteiger partial charge is 0.487 e. The van der Waals surface area contributed by atoms with Gasteiger partial charge in [0.05, 0.1) is 5.69 Å². The van der Waals surface area contributed by atoms with Crippen molar-refractivity contribution in [3.63, 3.8) is 0 Å². The van der Waals surface area contributed by atoms with E-state index in [9.17, 15) is 4.79 Å². The molecule has 0 fully saturated rings. The summed E-state index contributed by atoms with van der Waals surface area (Å²) in [6, 6.07) is 6.15. The summed E-state index contributed by atoms with van der Waals surface area (Å²) in [5.41, 5.74) is 2.88. The quantitative estimate of drug-likeness (QED) is 0.926. The average Bonchev–Trinajstić information content (AvgIpc) is 2.83. The highest BCUT2D eigenvalue weighted by Crippen LogP contribution is 2.32. The van der Waals surface area contributed by atoms with Gasteiger partial charge in [0.25, 0.3) is 0 Å². The molecule has 2 rings (SSSR count). The number of hydrogen-bond donors (Lipinski definition) is 1. The summed E-state index contributed by atoms with van der Waals surface area (Å²) < 4.78 is 5.87. The minimum Gasteiger partial charge on any atom is -0.487 e. The maximum atomic E-state index is 10.8.